The van der Waals surface area contributed by atoms with Crippen molar-refractivity contribution in [1.82, 2.24) is 0 Å². The Bertz CT molecular complexity index is 435. The molecule has 0 saturated heterocycles. The molecular formula is C20H31IO2. The molecule has 0 bridgehead atoms. The van der Waals surface area contributed by atoms with Crippen LogP contribution in [0.1, 0.15) is 83.3 Å². The molecular weight excluding hydrogens is 399 g/mol. The van der Waals surface area contributed by atoms with E-state index >= 15 is 0 Å². The van der Waals surface area contributed by atoms with Gasteiger partial charge in [-0.3, -0.25) is 4.79 Å². The number of allylic oxidation sites excluding steroid dienone is 1. The third-order valence-corrected chi connectivity index (χ3v) is 4.63. The standard InChI is InChI=1S/C20H31IO2/c1-2-3-4-5-6-7-8-9-10-13-20(22)18(14-15-21)17-19-12-11-16-23-19/h11-12,16-17H,2-10,13-15H2,1H3/b18-17+. The van der Waals surface area contributed by atoms with Crippen molar-refractivity contribution >= 4 is 34.5 Å². The topological polar surface area (TPSA) is 30.2 Å². The van der Waals surface area contributed by atoms with Crippen LogP contribution in [0.3, 0.4) is 0 Å². The number of rotatable bonds is 14. The normalized spacial score (nSPS) is 11.8. The Labute approximate surface area is 155 Å². The molecule has 0 aliphatic carbocycles. The summed E-state index contributed by atoms with van der Waals surface area (Å²) in [7, 11) is 0. The number of carbonyl (C=O) groups is 1. The highest BCUT2D eigenvalue weighted by Gasteiger charge is 2.09. The second-order valence-corrected chi connectivity index (χ2v) is 7.20. The molecule has 0 amide bonds. The smallest absolute Gasteiger partial charge is 0.159 e. The highest BCUT2D eigenvalue weighted by molar-refractivity contribution is 14.1. The maximum Gasteiger partial charge on any atom is 0.159 e. The van der Waals surface area contributed by atoms with E-state index in [1.807, 2.05) is 18.2 Å². The number of alkyl halides is 1. The van der Waals surface area contributed by atoms with E-state index in [0.717, 1.165) is 28.6 Å². The number of carbonyl (C=O) groups excluding carboxylic acids is 1. The largest absolute Gasteiger partial charge is 0.465 e. The first-order valence-corrected chi connectivity index (χ1v) is 10.6. The van der Waals surface area contributed by atoms with Crippen molar-refractivity contribution in [1.29, 1.82) is 0 Å². The van der Waals surface area contributed by atoms with Gasteiger partial charge in [0.15, 0.2) is 5.78 Å². The molecule has 0 fully saturated rings. The third kappa shape index (κ3) is 10.0. The summed E-state index contributed by atoms with van der Waals surface area (Å²) in [5.41, 5.74) is 0.911. The van der Waals surface area contributed by atoms with Gasteiger partial charge in [0.2, 0.25) is 0 Å². The SMILES string of the molecule is CCCCCCCCCCCC(=O)/C(=C/c1ccco1)CCI. The van der Waals surface area contributed by atoms with Gasteiger partial charge in [-0.05, 0) is 36.6 Å². The van der Waals surface area contributed by atoms with Crippen molar-refractivity contribution in [2.75, 3.05) is 4.43 Å². The second-order valence-electron chi connectivity index (χ2n) is 6.13. The van der Waals surface area contributed by atoms with Gasteiger partial charge in [0.1, 0.15) is 5.76 Å². The van der Waals surface area contributed by atoms with Gasteiger partial charge in [-0.15, -0.1) is 0 Å². The predicted molar refractivity (Wildman–Crippen MR) is 107 cm³/mol. The molecule has 1 aromatic heterocycles. The van der Waals surface area contributed by atoms with Crippen molar-refractivity contribution in [3.8, 4) is 0 Å². The summed E-state index contributed by atoms with van der Waals surface area (Å²) in [6.07, 6.45) is 16.6. The van der Waals surface area contributed by atoms with E-state index in [0.29, 0.717) is 12.2 Å². The zero-order valence-corrected chi connectivity index (χ0v) is 16.6. The Morgan fingerprint density at radius 2 is 1.70 bits per heavy atom. The Balaban J connectivity index is 2.18. The van der Waals surface area contributed by atoms with Crippen LogP contribution in [0.25, 0.3) is 6.08 Å². The first-order valence-electron chi connectivity index (χ1n) is 9.11. The van der Waals surface area contributed by atoms with Gasteiger partial charge in [0, 0.05) is 10.8 Å². The number of ketones is 1. The van der Waals surface area contributed by atoms with E-state index in [4.69, 9.17) is 4.42 Å². The van der Waals surface area contributed by atoms with Crippen molar-refractivity contribution in [2.45, 2.75) is 77.6 Å². The Morgan fingerprint density at radius 1 is 1.04 bits per heavy atom. The summed E-state index contributed by atoms with van der Waals surface area (Å²) in [6.45, 7) is 2.25. The van der Waals surface area contributed by atoms with Gasteiger partial charge < -0.3 is 4.42 Å². The van der Waals surface area contributed by atoms with Crippen LogP contribution in [0.4, 0.5) is 0 Å². The van der Waals surface area contributed by atoms with E-state index in [1.54, 1.807) is 6.26 Å². The van der Waals surface area contributed by atoms with E-state index in [1.165, 1.54) is 51.4 Å². The monoisotopic (exact) mass is 430 g/mol. The summed E-state index contributed by atoms with van der Waals surface area (Å²) in [4.78, 5) is 12.4. The zero-order valence-electron chi connectivity index (χ0n) is 14.5. The fourth-order valence-corrected chi connectivity index (χ4v) is 3.28. The van der Waals surface area contributed by atoms with Gasteiger partial charge in [-0.1, -0.05) is 80.9 Å². The average molecular weight is 430 g/mol. The number of hydrogen-bond donors (Lipinski definition) is 0. The molecule has 23 heavy (non-hydrogen) atoms. The number of furan rings is 1. The first-order chi connectivity index (χ1) is 11.3. The van der Waals surface area contributed by atoms with Gasteiger partial charge in [-0.2, -0.15) is 0 Å². The lowest BCUT2D eigenvalue weighted by atomic mass is 10.0. The van der Waals surface area contributed by atoms with Crippen LogP contribution < -0.4 is 0 Å². The van der Waals surface area contributed by atoms with Crippen molar-refractivity contribution in [3.63, 3.8) is 0 Å². The van der Waals surface area contributed by atoms with Crippen molar-refractivity contribution in [3.05, 3.63) is 29.7 Å². The summed E-state index contributed by atoms with van der Waals surface area (Å²) >= 11 is 2.32. The maximum atomic E-state index is 12.4. The van der Waals surface area contributed by atoms with Crippen molar-refractivity contribution in [2.24, 2.45) is 0 Å². The number of Topliss-reactive ketones (excluding diaryl/α,β-unsaturated/α-hetero) is 1. The molecule has 0 aromatic carbocycles. The summed E-state index contributed by atoms with van der Waals surface area (Å²) in [5.74, 6) is 1.08. The zero-order chi connectivity index (χ0) is 16.8. The molecule has 130 valence electrons. The minimum Gasteiger partial charge on any atom is -0.465 e. The minimum absolute atomic E-state index is 0.293. The van der Waals surface area contributed by atoms with Crippen LogP contribution >= 0.6 is 22.6 Å². The van der Waals surface area contributed by atoms with Crippen LogP contribution in [-0.2, 0) is 4.79 Å². The Morgan fingerprint density at radius 3 is 2.26 bits per heavy atom. The molecule has 0 radical (unpaired) electrons. The maximum absolute atomic E-state index is 12.4. The molecule has 1 heterocycles. The lowest BCUT2D eigenvalue weighted by molar-refractivity contribution is -0.115. The summed E-state index contributed by atoms with van der Waals surface area (Å²) in [5, 5.41) is 0. The second kappa shape index (κ2) is 13.8. The number of hydrogen-bond acceptors (Lipinski definition) is 2. The highest BCUT2D eigenvalue weighted by Crippen LogP contribution is 2.17. The van der Waals surface area contributed by atoms with Crippen LogP contribution in [0.5, 0.6) is 0 Å². The quantitative estimate of drug-likeness (QED) is 0.138. The molecule has 1 rings (SSSR count). The van der Waals surface area contributed by atoms with E-state index < -0.39 is 0 Å². The van der Waals surface area contributed by atoms with Gasteiger partial charge in [-0.25, -0.2) is 0 Å². The summed E-state index contributed by atoms with van der Waals surface area (Å²) in [6, 6.07) is 3.76. The van der Waals surface area contributed by atoms with E-state index in [-0.39, 0.29) is 0 Å². The molecule has 2 nitrogen and oxygen atoms in total. The molecule has 1 aromatic rings. The van der Waals surface area contributed by atoms with E-state index in [2.05, 4.69) is 29.5 Å². The summed E-state index contributed by atoms with van der Waals surface area (Å²) < 4.78 is 6.29. The first kappa shape index (κ1) is 20.5. The van der Waals surface area contributed by atoms with Crippen molar-refractivity contribution < 1.29 is 9.21 Å². The number of unbranched alkanes of at least 4 members (excludes halogenated alkanes) is 8. The predicted octanol–water partition coefficient (Wildman–Crippen LogP) is 6.98. The molecule has 0 unspecified atom stereocenters. The Hall–Kier alpha value is -0.580. The Kier molecular flexibility index (Phi) is 12.3. The lowest BCUT2D eigenvalue weighted by Crippen LogP contribution is -2.03. The van der Waals surface area contributed by atoms with Crippen LogP contribution in [0.2, 0.25) is 0 Å². The fraction of sp³-hybridized carbons (Fsp3) is 0.650. The molecule has 0 N–H and O–H groups in total. The third-order valence-electron chi connectivity index (χ3n) is 4.09. The lowest BCUT2D eigenvalue weighted by Gasteiger charge is -2.05. The van der Waals surface area contributed by atoms with E-state index in [9.17, 15) is 4.79 Å². The van der Waals surface area contributed by atoms with Gasteiger partial charge in [0.05, 0.1) is 6.26 Å². The van der Waals surface area contributed by atoms with Crippen LogP contribution in [-0.4, -0.2) is 10.2 Å². The number of halogens is 1. The molecule has 0 spiro atoms. The van der Waals surface area contributed by atoms with Gasteiger partial charge >= 0.3 is 0 Å². The average Bonchev–Trinajstić information content (AvgIpc) is 3.06. The minimum atomic E-state index is 0.293. The molecule has 0 aliphatic heterocycles. The van der Waals surface area contributed by atoms with Crippen LogP contribution in [0, 0.1) is 0 Å². The molecule has 3 heteroatoms. The van der Waals surface area contributed by atoms with Crippen LogP contribution in [0.15, 0.2) is 28.4 Å². The fourth-order valence-electron chi connectivity index (χ4n) is 2.70. The molecule has 0 saturated carbocycles. The van der Waals surface area contributed by atoms with Gasteiger partial charge in [0.25, 0.3) is 0 Å². The highest BCUT2D eigenvalue weighted by atomic mass is 127. The molecule has 0 aliphatic rings. The molecule has 0 atom stereocenters.